The molecule has 0 aliphatic carbocycles. The standard InChI is InChI=1S/C13H16F2N2OS.ClH/c14-13(15)19-11-3-1-10(2-4-11)12(18)17-6-5-9(7-16)8-17;/h1-4,9,13H,5-8,16H2;1H. The molecule has 1 heterocycles. The molecule has 1 saturated heterocycles. The van der Waals surface area contributed by atoms with Gasteiger partial charge in [-0.15, -0.1) is 12.4 Å². The van der Waals surface area contributed by atoms with Crippen molar-refractivity contribution in [3.63, 3.8) is 0 Å². The third-order valence-corrected chi connectivity index (χ3v) is 3.96. The maximum Gasteiger partial charge on any atom is 0.288 e. The molecule has 1 fully saturated rings. The van der Waals surface area contributed by atoms with Crippen molar-refractivity contribution in [1.82, 2.24) is 4.90 Å². The number of rotatable bonds is 4. The molecular formula is C13H17ClF2N2OS. The fourth-order valence-corrected chi connectivity index (χ4v) is 2.67. The Morgan fingerprint density at radius 2 is 2.05 bits per heavy atom. The summed E-state index contributed by atoms with van der Waals surface area (Å²) in [6.07, 6.45) is 0.932. The van der Waals surface area contributed by atoms with Crippen LogP contribution in [0.2, 0.25) is 0 Å². The lowest BCUT2D eigenvalue weighted by Gasteiger charge is -2.16. The molecule has 20 heavy (non-hydrogen) atoms. The molecule has 1 unspecified atom stereocenters. The molecule has 1 aliphatic heterocycles. The highest BCUT2D eigenvalue weighted by Crippen LogP contribution is 2.26. The summed E-state index contributed by atoms with van der Waals surface area (Å²) < 4.78 is 24.4. The average Bonchev–Trinajstić information content (AvgIpc) is 2.87. The van der Waals surface area contributed by atoms with Crippen molar-refractivity contribution in [2.45, 2.75) is 17.1 Å². The van der Waals surface area contributed by atoms with Crippen molar-refractivity contribution in [2.75, 3.05) is 19.6 Å². The summed E-state index contributed by atoms with van der Waals surface area (Å²) in [6, 6.07) is 6.31. The summed E-state index contributed by atoms with van der Waals surface area (Å²) in [6.45, 7) is 1.99. The monoisotopic (exact) mass is 322 g/mol. The third kappa shape index (κ3) is 4.33. The summed E-state index contributed by atoms with van der Waals surface area (Å²) in [5, 5.41) is 0. The summed E-state index contributed by atoms with van der Waals surface area (Å²) in [7, 11) is 0. The van der Waals surface area contributed by atoms with Crippen molar-refractivity contribution in [1.29, 1.82) is 0 Å². The Morgan fingerprint density at radius 1 is 1.40 bits per heavy atom. The summed E-state index contributed by atoms with van der Waals surface area (Å²) in [5.41, 5.74) is 6.13. The van der Waals surface area contributed by atoms with Crippen LogP contribution < -0.4 is 5.73 Å². The molecule has 1 aromatic carbocycles. The first-order chi connectivity index (χ1) is 9.10. The Hall–Kier alpha value is -0.850. The first kappa shape index (κ1) is 17.2. The van der Waals surface area contributed by atoms with E-state index < -0.39 is 5.76 Å². The lowest BCUT2D eigenvalue weighted by molar-refractivity contribution is 0.0787. The topological polar surface area (TPSA) is 46.3 Å². The van der Waals surface area contributed by atoms with Crippen LogP contribution in [0.4, 0.5) is 8.78 Å². The Labute approximate surface area is 127 Å². The number of amides is 1. The zero-order valence-electron chi connectivity index (χ0n) is 10.8. The Balaban J connectivity index is 0.00000200. The number of thioether (sulfide) groups is 1. The minimum Gasteiger partial charge on any atom is -0.338 e. The quantitative estimate of drug-likeness (QED) is 0.867. The highest BCUT2D eigenvalue weighted by molar-refractivity contribution is 7.99. The van der Waals surface area contributed by atoms with Gasteiger partial charge in [0, 0.05) is 23.5 Å². The van der Waals surface area contributed by atoms with E-state index in [1.807, 2.05) is 0 Å². The number of benzene rings is 1. The van der Waals surface area contributed by atoms with Crippen LogP contribution in [0.25, 0.3) is 0 Å². The van der Waals surface area contributed by atoms with Gasteiger partial charge in [0.1, 0.15) is 0 Å². The molecule has 112 valence electrons. The highest BCUT2D eigenvalue weighted by Gasteiger charge is 2.25. The lowest BCUT2D eigenvalue weighted by atomic mass is 10.1. The van der Waals surface area contributed by atoms with E-state index in [4.69, 9.17) is 5.73 Å². The molecule has 0 saturated carbocycles. The van der Waals surface area contributed by atoms with Crippen molar-refractivity contribution >= 4 is 30.1 Å². The smallest absolute Gasteiger partial charge is 0.288 e. The number of carbonyl (C=O) groups excluding carboxylic acids is 1. The predicted molar refractivity (Wildman–Crippen MR) is 78.6 cm³/mol. The van der Waals surface area contributed by atoms with E-state index in [0.29, 0.717) is 47.8 Å². The first-order valence-corrected chi connectivity index (χ1v) is 7.02. The number of halogens is 3. The van der Waals surface area contributed by atoms with Gasteiger partial charge in [-0.1, -0.05) is 11.8 Å². The van der Waals surface area contributed by atoms with Gasteiger partial charge >= 0.3 is 0 Å². The average molecular weight is 323 g/mol. The maximum atomic E-state index is 12.2. The molecule has 0 aromatic heterocycles. The second kappa shape index (κ2) is 7.81. The molecule has 1 amide bonds. The molecule has 1 atom stereocenters. The number of nitrogens with two attached hydrogens (primary N) is 1. The van der Waals surface area contributed by atoms with E-state index >= 15 is 0 Å². The van der Waals surface area contributed by atoms with Crippen LogP contribution >= 0.6 is 24.2 Å². The highest BCUT2D eigenvalue weighted by atomic mass is 35.5. The van der Waals surface area contributed by atoms with Crippen molar-refractivity contribution in [2.24, 2.45) is 11.7 Å². The lowest BCUT2D eigenvalue weighted by Crippen LogP contribution is -2.29. The second-order valence-electron chi connectivity index (χ2n) is 4.54. The SMILES string of the molecule is Cl.NCC1CCN(C(=O)c2ccc(SC(F)F)cc2)C1. The zero-order chi connectivity index (χ0) is 13.8. The molecule has 3 nitrogen and oxygen atoms in total. The molecule has 7 heteroatoms. The van der Waals surface area contributed by atoms with Crippen LogP contribution in [-0.2, 0) is 0 Å². The number of hydrogen-bond acceptors (Lipinski definition) is 3. The van der Waals surface area contributed by atoms with Crippen molar-refractivity contribution in [3.05, 3.63) is 29.8 Å². The number of likely N-dealkylation sites (tertiary alicyclic amines) is 1. The van der Waals surface area contributed by atoms with Gasteiger partial charge in [0.25, 0.3) is 11.7 Å². The van der Waals surface area contributed by atoms with Gasteiger partial charge in [-0.2, -0.15) is 8.78 Å². The van der Waals surface area contributed by atoms with E-state index in [-0.39, 0.29) is 18.3 Å². The van der Waals surface area contributed by atoms with Gasteiger partial charge in [-0.3, -0.25) is 4.79 Å². The molecule has 1 aromatic rings. The van der Waals surface area contributed by atoms with E-state index in [1.165, 1.54) is 0 Å². The molecule has 1 aliphatic rings. The number of alkyl halides is 2. The van der Waals surface area contributed by atoms with Crippen LogP contribution in [0.15, 0.2) is 29.2 Å². The minimum atomic E-state index is -2.44. The Bertz CT molecular complexity index is 445. The molecule has 2 rings (SSSR count). The summed E-state index contributed by atoms with van der Waals surface area (Å²) in [4.78, 5) is 14.4. The Kier molecular flexibility index (Phi) is 6.71. The van der Waals surface area contributed by atoms with Crippen LogP contribution in [0.3, 0.4) is 0 Å². The normalized spacial score (nSPS) is 18.2. The van der Waals surface area contributed by atoms with Gasteiger partial charge in [-0.05, 0) is 43.1 Å². The number of nitrogens with zero attached hydrogens (tertiary/aromatic N) is 1. The van der Waals surface area contributed by atoms with E-state index in [0.717, 1.165) is 6.42 Å². The molecule has 0 bridgehead atoms. The third-order valence-electron chi connectivity index (χ3n) is 3.23. The number of hydrogen-bond donors (Lipinski definition) is 1. The second-order valence-corrected chi connectivity index (χ2v) is 5.61. The molecule has 2 N–H and O–H groups in total. The summed E-state index contributed by atoms with van der Waals surface area (Å²) in [5.74, 6) is -2.12. The molecule has 0 spiro atoms. The van der Waals surface area contributed by atoms with E-state index in [2.05, 4.69) is 0 Å². The van der Waals surface area contributed by atoms with Gasteiger partial charge in [0.2, 0.25) is 0 Å². The van der Waals surface area contributed by atoms with Crippen LogP contribution in [-0.4, -0.2) is 36.2 Å². The molecular weight excluding hydrogens is 306 g/mol. The Morgan fingerprint density at radius 3 is 2.55 bits per heavy atom. The maximum absolute atomic E-state index is 12.2. The summed E-state index contributed by atoms with van der Waals surface area (Å²) >= 11 is 0.480. The molecule has 0 radical (unpaired) electrons. The van der Waals surface area contributed by atoms with Crippen molar-refractivity contribution in [3.8, 4) is 0 Å². The predicted octanol–water partition coefficient (Wildman–Crippen LogP) is 2.84. The largest absolute Gasteiger partial charge is 0.338 e. The number of carbonyl (C=O) groups is 1. The fourth-order valence-electron chi connectivity index (χ4n) is 2.17. The van der Waals surface area contributed by atoms with Crippen molar-refractivity contribution < 1.29 is 13.6 Å². The van der Waals surface area contributed by atoms with Crippen LogP contribution in [0.5, 0.6) is 0 Å². The fraction of sp³-hybridized carbons (Fsp3) is 0.462. The minimum absolute atomic E-state index is 0. The van der Waals surface area contributed by atoms with E-state index in [1.54, 1.807) is 29.2 Å². The van der Waals surface area contributed by atoms with Crippen LogP contribution in [0.1, 0.15) is 16.8 Å². The van der Waals surface area contributed by atoms with Gasteiger partial charge < -0.3 is 10.6 Å². The zero-order valence-corrected chi connectivity index (χ0v) is 12.4. The van der Waals surface area contributed by atoms with Gasteiger partial charge in [0.15, 0.2) is 0 Å². The van der Waals surface area contributed by atoms with E-state index in [9.17, 15) is 13.6 Å². The first-order valence-electron chi connectivity index (χ1n) is 6.14. The van der Waals surface area contributed by atoms with Crippen LogP contribution in [0, 0.1) is 5.92 Å². The van der Waals surface area contributed by atoms with Gasteiger partial charge in [-0.25, -0.2) is 0 Å². The van der Waals surface area contributed by atoms with Gasteiger partial charge in [0.05, 0.1) is 0 Å².